The molecule has 0 saturated heterocycles. The fourth-order valence-electron chi connectivity index (χ4n) is 2.55. The Hall–Kier alpha value is -1.32. The monoisotopic (exact) mass is 259 g/mol. The number of aromatic amines is 1. The van der Waals surface area contributed by atoms with Gasteiger partial charge in [-0.3, -0.25) is 0 Å². The number of benzene rings is 1. The highest BCUT2D eigenvalue weighted by Gasteiger charge is 2.09. The maximum atomic E-state index is 5.77. The molecule has 1 atom stereocenters. The molecule has 1 heterocycles. The SMILES string of the molecule is CCC(CN)CN(C)CCc1c[nH]c2ccccc12. The van der Waals surface area contributed by atoms with E-state index in [0.29, 0.717) is 5.92 Å². The molecule has 3 heteroatoms. The van der Waals surface area contributed by atoms with Gasteiger partial charge in [0.1, 0.15) is 0 Å². The number of hydrogen-bond donors (Lipinski definition) is 2. The highest BCUT2D eigenvalue weighted by molar-refractivity contribution is 5.83. The largest absolute Gasteiger partial charge is 0.361 e. The Morgan fingerprint density at radius 1 is 1.32 bits per heavy atom. The van der Waals surface area contributed by atoms with Gasteiger partial charge in [0, 0.05) is 30.2 Å². The predicted molar refractivity (Wildman–Crippen MR) is 82.3 cm³/mol. The van der Waals surface area contributed by atoms with Crippen LogP contribution in [0, 0.1) is 5.92 Å². The number of rotatable bonds is 7. The number of fused-ring (bicyclic) bond motifs is 1. The molecule has 0 spiro atoms. The number of para-hydroxylation sites is 1. The van der Waals surface area contributed by atoms with E-state index in [4.69, 9.17) is 5.73 Å². The lowest BCUT2D eigenvalue weighted by molar-refractivity contribution is 0.278. The second-order valence-electron chi connectivity index (χ2n) is 5.38. The van der Waals surface area contributed by atoms with Crippen LogP contribution in [0.2, 0.25) is 0 Å². The summed E-state index contributed by atoms with van der Waals surface area (Å²) in [6.07, 6.45) is 4.38. The van der Waals surface area contributed by atoms with Gasteiger partial charge in [0.05, 0.1) is 0 Å². The molecule has 1 unspecified atom stereocenters. The van der Waals surface area contributed by atoms with E-state index < -0.39 is 0 Å². The molecule has 0 radical (unpaired) electrons. The minimum Gasteiger partial charge on any atom is -0.361 e. The fourth-order valence-corrected chi connectivity index (χ4v) is 2.55. The molecule has 0 saturated carbocycles. The smallest absolute Gasteiger partial charge is 0.0456 e. The van der Waals surface area contributed by atoms with Gasteiger partial charge >= 0.3 is 0 Å². The molecule has 0 bridgehead atoms. The normalized spacial score (nSPS) is 13.3. The number of likely N-dealkylation sites (N-methyl/N-ethyl adjacent to an activating group) is 1. The molecule has 2 rings (SSSR count). The summed E-state index contributed by atoms with van der Waals surface area (Å²) in [6, 6.07) is 8.49. The quantitative estimate of drug-likeness (QED) is 0.803. The van der Waals surface area contributed by atoms with Crippen LogP contribution in [0.15, 0.2) is 30.5 Å². The Kier molecular flexibility index (Phi) is 5.00. The molecular weight excluding hydrogens is 234 g/mol. The van der Waals surface area contributed by atoms with E-state index in [9.17, 15) is 0 Å². The van der Waals surface area contributed by atoms with Crippen LogP contribution in [0.1, 0.15) is 18.9 Å². The van der Waals surface area contributed by atoms with Gasteiger partial charge < -0.3 is 15.6 Å². The summed E-state index contributed by atoms with van der Waals surface area (Å²) in [5.41, 5.74) is 8.40. The average Bonchev–Trinajstić information content (AvgIpc) is 2.86. The Labute approximate surface area is 115 Å². The van der Waals surface area contributed by atoms with Crippen molar-refractivity contribution in [3.05, 3.63) is 36.0 Å². The summed E-state index contributed by atoms with van der Waals surface area (Å²) in [5, 5.41) is 1.35. The fraction of sp³-hybridized carbons (Fsp3) is 0.500. The summed E-state index contributed by atoms with van der Waals surface area (Å²) >= 11 is 0. The summed E-state index contributed by atoms with van der Waals surface area (Å²) < 4.78 is 0. The molecule has 0 aliphatic carbocycles. The summed E-state index contributed by atoms with van der Waals surface area (Å²) in [7, 11) is 2.19. The summed E-state index contributed by atoms with van der Waals surface area (Å²) in [5.74, 6) is 0.618. The van der Waals surface area contributed by atoms with E-state index >= 15 is 0 Å². The van der Waals surface area contributed by atoms with Crippen molar-refractivity contribution in [2.75, 3.05) is 26.7 Å². The van der Waals surface area contributed by atoms with Gasteiger partial charge in [0.2, 0.25) is 0 Å². The molecule has 0 amide bonds. The minimum absolute atomic E-state index is 0.618. The summed E-state index contributed by atoms with van der Waals surface area (Å²) in [6.45, 7) is 5.17. The summed E-state index contributed by atoms with van der Waals surface area (Å²) in [4.78, 5) is 5.73. The third kappa shape index (κ3) is 3.58. The molecule has 0 aliphatic rings. The first-order chi connectivity index (χ1) is 9.24. The maximum absolute atomic E-state index is 5.77. The third-order valence-electron chi connectivity index (χ3n) is 3.92. The van der Waals surface area contributed by atoms with Crippen LogP contribution in [-0.2, 0) is 6.42 Å². The van der Waals surface area contributed by atoms with E-state index in [-0.39, 0.29) is 0 Å². The number of H-pyrrole nitrogens is 1. The zero-order valence-corrected chi connectivity index (χ0v) is 12.0. The number of aromatic nitrogens is 1. The molecule has 0 aliphatic heterocycles. The van der Waals surface area contributed by atoms with Crippen LogP contribution in [-0.4, -0.2) is 36.6 Å². The van der Waals surface area contributed by atoms with Crippen molar-refractivity contribution in [3.8, 4) is 0 Å². The third-order valence-corrected chi connectivity index (χ3v) is 3.92. The van der Waals surface area contributed by atoms with Crippen molar-refractivity contribution >= 4 is 10.9 Å². The van der Waals surface area contributed by atoms with Crippen molar-refractivity contribution < 1.29 is 0 Å². The van der Waals surface area contributed by atoms with Gasteiger partial charge in [-0.1, -0.05) is 31.5 Å². The van der Waals surface area contributed by atoms with Crippen LogP contribution in [0.5, 0.6) is 0 Å². The van der Waals surface area contributed by atoms with E-state index in [0.717, 1.165) is 32.5 Å². The van der Waals surface area contributed by atoms with Crippen LogP contribution in [0.25, 0.3) is 10.9 Å². The first kappa shape index (κ1) is 14.1. The lowest BCUT2D eigenvalue weighted by atomic mass is 10.1. The molecule has 1 aromatic heterocycles. The molecule has 2 aromatic rings. The molecular formula is C16H25N3. The standard InChI is InChI=1S/C16H25N3/c1-3-13(10-17)12-19(2)9-8-14-11-18-16-7-5-4-6-15(14)16/h4-7,11,13,18H,3,8-10,12,17H2,1-2H3. The van der Waals surface area contributed by atoms with Crippen LogP contribution < -0.4 is 5.73 Å². The lowest BCUT2D eigenvalue weighted by Crippen LogP contribution is -2.31. The molecule has 3 N–H and O–H groups in total. The van der Waals surface area contributed by atoms with Crippen molar-refractivity contribution in [1.29, 1.82) is 0 Å². The number of nitrogens with one attached hydrogen (secondary N) is 1. The molecule has 1 aromatic carbocycles. The van der Waals surface area contributed by atoms with Gasteiger partial charge in [-0.25, -0.2) is 0 Å². The Morgan fingerprint density at radius 3 is 2.84 bits per heavy atom. The van der Waals surface area contributed by atoms with E-state index in [1.165, 1.54) is 16.5 Å². The van der Waals surface area contributed by atoms with Crippen LogP contribution in [0.3, 0.4) is 0 Å². The maximum Gasteiger partial charge on any atom is 0.0456 e. The van der Waals surface area contributed by atoms with Gasteiger partial charge in [-0.15, -0.1) is 0 Å². The zero-order chi connectivity index (χ0) is 13.7. The van der Waals surface area contributed by atoms with Crippen molar-refractivity contribution in [2.24, 2.45) is 11.7 Å². The number of hydrogen-bond acceptors (Lipinski definition) is 2. The average molecular weight is 259 g/mol. The molecule has 0 fully saturated rings. The van der Waals surface area contributed by atoms with Gasteiger partial charge in [0.25, 0.3) is 0 Å². The first-order valence-electron chi connectivity index (χ1n) is 7.18. The van der Waals surface area contributed by atoms with Gasteiger partial charge in [-0.2, -0.15) is 0 Å². The predicted octanol–water partition coefficient (Wildman–Crippen LogP) is 2.63. The second-order valence-corrected chi connectivity index (χ2v) is 5.38. The highest BCUT2D eigenvalue weighted by atomic mass is 15.1. The molecule has 3 nitrogen and oxygen atoms in total. The lowest BCUT2D eigenvalue weighted by Gasteiger charge is -2.21. The first-order valence-corrected chi connectivity index (χ1v) is 7.18. The van der Waals surface area contributed by atoms with Gasteiger partial charge in [-0.05, 0) is 37.6 Å². The van der Waals surface area contributed by atoms with Crippen molar-refractivity contribution in [1.82, 2.24) is 9.88 Å². The van der Waals surface area contributed by atoms with E-state index in [1.54, 1.807) is 0 Å². The van der Waals surface area contributed by atoms with E-state index in [1.807, 2.05) is 0 Å². The van der Waals surface area contributed by atoms with Crippen LogP contribution >= 0.6 is 0 Å². The molecule has 104 valence electrons. The Morgan fingerprint density at radius 2 is 2.11 bits per heavy atom. The van der Waals surface area contributed by atoms with Crippen LogP contribution in [0.4, 0.5) is 0 Å². The minimum atomic E-state index is 0.618. The van der Waals surface area contributed by atoms with Gasteiger partial charge in [0.15, 0.2) is 0 Å². The van der Waals surface area contributed by atoms with Crippen molar-refractivity contribution in [3.63, 3.8) is 0 Å². The Balaban J connectivity index is 1.91. The Bertz CT molecular complexity index is 499. The topological polar surface area (TPSA) is 45.0 Å². The van der Waals surface area contributed by atoms with E-state index in [2.05, 4.69) is 54.3 Å². The zero-order valence-electron chi connectivity index (χ0n) is 12.0. The molecule has 19 heavy (non-hydrogen) atoms. The second kappa shape index (κ2) is 6.73. The van der Waals surface area contributed by atoms with Crippen molar-refractivity contribution in [2.45, 2.75) is 19.8 Å². The highest BCUT2D eigenvalue weighted by Crippen LogP contribution is 2.18. The number of nitrogens with zero attached hydrogens (tertiary/aromatic N) is 1. The number of nitrogens with two attached hydrogens (primary N) is 1.